The van der Waals surface area contributed by atoms with E-state index < -0.39 is 28.4 Å². The molecule has 1 atom stereocenters. The van der Waals surface area contributed by atoms with Crippen molar-refractivity contribution in [3.63, 3.8) is 0 Å². The van der Waals surface area contributed by atoms with Gasteiger partial charge in [0.1, 0.15) is 5.75 Å². The van der Waals surface area contributed by atoms with E-state index in [9.17, 15) is 25.1 Å². The molecule has 25 heavy (non-hydrogen) atoms. The van der Waals surface area contributed by atoms with E-state index in [4.69, 9.17) is 4.74 Å². The number of rotatable bonds is 6. The second-order valence-electron chi connectivity index (χ2n) is 5.16. The zero-order chi connectivity index (χ0) is 18.4. The Morgan fingerprint density at radius 3 is 2.64 bits per heavy atom. The third kappa shape index (κ3) is 4.54. The highest BCUT2D eigenvalue weighted by Crippen LogP contribution is 2.27. The lowest BCUT2D eigenvalue weighted by atomic mass is 10.1. The Labute approximate surface area is 143 Å². The highest BCUT2D eigenvalue weighted by molar-refractivity contribution is 5.86. The average Bonchev–Trinajstić information content (AvgIpc) is 2.60. The molecule has 0 saturated carbocycles. The van der Waals surface area contributed by atoms with Crippen LogP contribution in [0.3, 0.4) is 0 Å². The van der Waals surface area contributed by atoms with Crippen LogP contribution in [-0.2, 0) is 16.0 Å². The van der Waals surface area contributed by atoms with Crippen LogP contribution in [0.15, 0.2) is 47.5 Å². The van der Waals surface area contributed by atoms with Crippen LogP contribution >= 0.6 is 0 Å². The van der Waals surface area contributed by atoms with Crippen molar-refractivity contribution in [1.82, 2.24) is 0 Å². The molecule has 0 aliphatic heterocycles. The minimum Gasteiger partial charge on any atom is -0.507 e. The first-order valence-electron chi connectivity index (χ1n) is 7.27. The lowest BCUT2D eigenvalue weighted by molar-refractivity contribution is -0.385. The maximum atomic E-state index is 11.9. The van der Waals surface area contributed by atoms with Gasteiger partial charge in [-0.15, -0.1) is 0 Å². The number of carbonyl (C=O) groups is 1. The third-order valence-electron chi connectivity index (χ3n) is 3.47. The summed E-state index contributed by atoms with van der Waals surface area (Å²) in [4.78, 5) is 26.2. The first-order chi connectivity index (χ1) is 11.9. The molecule has 0 saturated heterocycles. The Bertz CT molecular complexity index is 819. The summed E-state index contributed by atoms with van der Waals surface area (Å²) in [6.07, 6.45) is 1.38. The van der Waals surface area contributed by atoms with E-state index >= 15 is 0 Å². The van der Waals surface area contributed by atoms with Gasteiger partial charge in [0.25, 0.3) is 0 Å². The van der Waals surface area contributed by atoms with Gasteiger partial charge in [0.15, 0.2) is 11.8 Å². The molecule has 0 heterocycles. The Kier molecular flexibility index (Phi) is 5.67. The number of benzene rings is 2. The van der Waals surface area contributed by atoms with E-state index in [0.717, 1.165) is 0 Å². The molecule has 2 aromatic rings. The average molecular weight is 344 g/mol. The molecule has 0 aliphatic rings. The lowest BCUT2D eigenvalue weighted by Gasteiger charge is -2.10. The van der Waals surface area contributed by atoms with Gasteiger partial charge in [0.05, 0.1) is 12.0 Å². The van der Waals surface area contributed by atoms with Gasteiger partial charge in [0.2, 0.25) is 0 Å². The topological polar surface area (TPSA) is 122 Å². The highest BCUT2D eigenvalue weighted by Gasteiger charge is 2.21. The molecule has 0 aliphatic carbocycles. The van der Waals surface area contributed by atoms with Crippen molar-refractivity contribution < 1.29 is 24.7 Å². The van der Waals surface area contributed by atoms with Crippen LogP contribution in [0, 0.1) is 10.1 Å². The van der Waals surface area contributed by atoms with Crippen LogP contribution in [0.25, 0.3) is 0 Å². The number of carbonyl (C=O) groups excluding carboxylic acids is 1. The van der Waals surface area contributed by atoms with Crippen LogP contribution in [-0.4, -0.2) is 40.5 Å². The van der Waals surface area contributed by atoms with Gasteiger partial charge < -0.3 is 14.9 Å². The monoisotopic (exact) mass is 344 g/mol. The van der Waals surface area contributed by atoms with Crippen molar-refractivity contribution in [1.29, 1.82) is 0 Å². The lowest BCUT2D eigenvalue weighted by Crippen LogP contribution is -2.23. The molecule has 0 radical (unpaired) electrons. The van der Waals surface area contributed by atoms with Crippen molar-refractivity contribution in [2.24, 2.45) is 4.99 Å². The summed E-state index contributed by atoms with van der Waals surface area (Å²) in [7, 11) is 1.21. The van der Waals surface area contributed by atoms with Crippen molar-refractivity contribution in [3.05, 3.63) is 63.7 Å². The molecule has 0 fully saturated rings. The maximum Gasteiger partial charge on any atom is 0.330 e. The summed E-state index contributed by atoms with van der Waals surface area (Å²) in [6, 6.07) is 9.35. The zero-order valence-corrected chi connectivity index (χ0v) is 13.3. The number of aliphatic imine (C=N–C) groups is 1. The third-order valence-corrected chi connectivity index (χ3v) is 3.47. The Morgan fingerprint density at radius 1 is 1.28 bits per heavy atom. The van der Waals surface area contributed by atoms with Crippen LogP contribution in [0.5, 0.6) is 11.5 Å². The molecule has 2 rings (SSSR count). The molecule has 2 aromatic carbocycles. The van der Waals surface area contributed by atoms with Crippen LogP contribution in [0.1, 0.15) is 11.1 Å². The molecule has 0 amide bonds. The van der Waals surface area contributed by atoms with Gasteiger partial charge in [-0.1, -0.05) is 18.2 Å². The summed E-state index contributed by atoms with van der Waals surface area (Å²) in [5, 5.41) is 30.1. The number of ether oxygens (including phenoxy) is 1. The van der Waals surface area contributed by atoms with E-state index in [2.05, 4.69) is 4.99 Å². The number of hydrogen-bond donors (Lipinski definition) is 2. The van der Waals surface area contributed by atoms with Gasteiger partial charge in [-0.25, -0.2) is 4.79 Å². The first kappa shape index (κ1) is 17.9. The smallest absolute Gasteiger partial charge is 0.330 e. The van der Waals surface area contributed by atoms with Crippen molar-refractivity contribution in [2.45, 2.75) is 12.5 Å². The number of hydrogen-bond acceptors (Lipinski definition) is 7. The second-order valence-corrected chi connectivity index (χ2v) is 5.16. The van der Waals surface area contributed by atoms with E-state index in [1.165, 1.54) is 37.6 Å². The Morgan fingerprint density at radius 2 is 2.00 bits per heavy atom. The molecule has 130 valence electrons. The van der Waals surface area contributed by atoms with Gasteiger partial charge >= 0.3 is 11.7 Å². The largest absolute Gasteiger partial charge is 0.507 e. The van der Waals surface area contributed by atoms with Crippen LogP contribution in [0.2, 0.25) is 0 Å². The van der Waals surface area contributed by atoms with Crippen molar-refractivity contribution in [2.75, 3.05) is 7.11 Å². The van der Waals surface area contributed by atoms with Gasteiger partial charge in [0, 0.05) is 24.3 Å². The number of phenols is 2. The molecule has 0 spiro atoms. The molecular formula is C17H16N2O6. The van der Waals surface area contributed by atoms with Crippen molar-refractivity contribution in [3.8, 4) is 11.5 Å². The van der Waals surface area contributed by atoms with Crippen LogP contribution in [0.4, 0.5) is 5.69 Å². The zero-order valence-electron chi connectivity index (χ0n) is 13.3. The van der Waals surface area contributed by atoms with Gasteiger partial charge in [-0.3, -0.25) is 15.1 Å². The van der Waals surface area contributed by atoms with Gasteiger partial charge in [-0.05, 0) is 23.8 Å². The SMILES string of the molecule is COC(=O)[C@@H](Cc1ccc(O)c([N+](=O)[O-])c1)N=Cc1ccccc1O. The summed E-state index contributed by atoms with van der Waals surface area (Å²) >= 11 is 0. The fraction of sp³-hybridized carbons (Fsp3) is 0.176. The minimum atomic E-state index is -0.950. The Balaban J connectivity index is 2.27. The van der Waals surface area contributed by atoms with E-state index in [1.807, 2.05) is 0 Å². The molecule has 8 heteroatoms. The van der Waals surface area contributed by atoms with E-state index in [0.29, 0.717) is 11.1 Å². The highest BCUT2D eigenvalue weighted by atomic mass is 16.6. The number of aromatic hydroxyl groups is 2. The fourth-order valence-corrected chi connectivity index (χ4v) is 2.17. The predicted molar refractivity (Wildman–Crippen MR) is 90.0 cm³/mol. The standard InChI is InChI=1S/C17H16N2O6/c1-25-17(22)13(18-10-12-4-2-3-5-15(12)20)8-11-6-7-16(21)14(9-11)19(23)24/h2-7,9-10,13,20-21H,8H2,1H3/t13-/m1/s1. The number of para-hydroxylation sites is 1. The molecule has 0 unspecified atom stereocenters. The normalized spacial score (nSPS) is 12.0. The first-order valence-corrected chi connectivity index (χ1v) is 7.27. The van der Waals surface area contributed by atoms with E-state index in [-0.39, 0.29) is 12.2 Å². The molecular weight excluding hydrogens is 328 g/mol. The fourth-order valence-electron chi connectivity index (χ4n) is 2.17. The summed E-state index contributed by atoms with van der Waals surface area (Å²) < 4.78 is 4.71. The summed E-state index contributed by atoms with van der Waals surface area (Å²) in [6.45, 7) is 0. The molecule has 8 nitrogen and oxygen atoms in total. The minimum absolute atomic E-state index is 0.00939. The molecule has 2 N–H and O–H groups in total. The Hall–Kier alpha value is -3.42. The maximum absolute atomic E-state index is 11.9. The number of methoxy groups -OCH3 is 1. The van der Waals surface area contributed by atoms with Crippen LogP contribution < -0.4 is 0 Å². The number of nitro groups is 1. The second kappa shape index (κ2) is 7.91. The molecule has 0 aromatic heterocycles. The number of nitrogens with zero attached hydrogens (tertiary/aromatic N) is 2. The summed E-state index contributed by atoms with van der Waals surface area (Å²) in [5.41, 5.74) is 0.410. The van der Waals surface area contributed by atoms with Crippen molar-refractivity contribution >= 4 is 17.9 Å². The predicted octanol–water partition coefficient (Wildman–Crippen LogP) is 2.21. The quantitative estimate of drug-likeness (QED) is 0.358. The number of nitro benzene ring substituents is 1. The van der Waals surface area contributed by atoms with Gasteiger partial charge in [-0.2, -0.15) is 0 Å². The number of phenolic OH excluding ortho intramolecular Hbond substituents is 2. The number of esters is 1. The summed E-state index contributed by atoms with van der Waals surface area (Å²) in [5.74, 6) is -1.07. The molecule has 0 bridgehead atoms. The van der Waals surface area contributed by atoms with E-state index in [1.54, 1.807) is 18.2 Å².